The normalized spacial score (nSPS) is 20.7. The van der Waals surface area contributed by atoms with Crippen molar-refractivity contribution in [1.29, 1.82) is 0 Å². The van der Waals surface area contributed by atoms with E-state index in [9.17, 15) is 9.59 Å². The van der Waals surface area contributed by atoms with Gasteiger partial charge in [-0.1, -0.05) is 0 Å². The second-order valence-electron chi connectivity index (χ2n) is 6.48. The SMILES string of the molecule is O=Cc1cc2ccnc(OCC3CNC(=O)C3)c2n1CC1CC1. The van der Waals surface area contributed by atoms with Gasteiger partial charge in [-0.25, -0.2) is 4.98 Å². The number of amides is 1. The van der Waals surface area contributed by atoms with Gasteiger partial charge in [0, 0.05) is 37.0 Å². The number of aromatic nitrogens is 2. The van der Waals surface area contributed by atoms with E-state index in [1.165, 1.54) is 12.8 Å². The third kappa shape index (κ3) is 2.81. The van der Waals surface area contributed by atoms with Crippen LogP contribution in [0.3, 0.4) is 0 Å². The van der Waals surface area contributed by atoms with Crippen LogP contribution >= 0.6 is 0 Å². The first kappa shape index (κ1) is 14.2. The quantitative estimate of drug-likeness (QED) is 0.825. The molecular weight excluding hydrogens is 294 g/mol. The van der Waals surface area contributed by atoms with E-state index in [2.05, 4.69) is 10.3 Å². The van der Waals surface area contributed by atoms with Gasteiger partial charge in [0.15, 0.2) is 6.29 Å². The Morgan fingerprint density at radius 2 is 2.26 bits per heavy atom. The van der Waals surface area contributed by atoms with Crippen molar-refractivity contribution in [3.05, 3.63) is 24.0 Å². The summed E-state index contributed by atoms with van der Waals surface area (Å²) in [6.07, 6.45) is 5.52. The van der Waals surface area contributed by atoms with Crippen LogP contribution in [0.5, 0.6) is 5.88 Å². The summed E-state index contributed by atoms with van der Waals surface area (Å²) in [6.45, 7) is 1.94. The Balaban J connectivity index is 1.63. The Morgan fingerprint density at radius 3 is 2.96 bits per heavy atom. The van der Waals surface area contributed by atoms with Gasteiger partial charge < -0.3 is 14.6 Å². The molecule has 1 saturated carbocycles. The largest absolute Gasteiger partial charge is 0.476 e. The molecule has 2 fully saturated rings. The summed E-state index contributed by atoms with van der Waals surface area (Å²) < 4.78 is 7.94. The third-order valence-corrected chi connectivity index (χ3v) is 4.58. The molecule has 1 unspecified atom stereocenters. The predicted molar refractivity (Wildman–Crippen MR) is 84.5 cm³/mol. The zero-order chi connectivity index (χ0) is 15.8. The van der Waals surface area contributed by atoms with E-state index in [4.69, 9.17) is 4.74 Å². The molecule has 6 nitrogen and oxygen atoms in total. The standard InChI is InChI=1S/C17H19N3O3/c21-9-14-6-13-3-4-18-17(16(13)20(14)8-11-1-2-11)23-10-12-5-15(22)19-7-12/h3-4,6,9,11-12H,1-2,5,7-8,10H2,(H,19,22). The molecule has 1 amide bonds. The van der Waals surface area contributed by atoms with Crippen LogP contribution in [0.25, 0.3) is 10.9 Å². The van der Waals surface area contributed by atoms with Gasteiger partial charge in [0.25, 0.3) is 0 Å². The Morgan fingerprint density at radius 1 is 1.39 bits per heavy atom. The molecule has 6 heteroatoms. The number of nitrogens with one attached hydrogen (secondary N) is 1. The maximum Gasteiger partial charge on any atom is 0.238 e. The fourth-order valence-corrected chi connectivity index (χ4v) is 3.14. The topological polar surface area (TPSA) is 73.2 Å². The maximum atomic E-state index is 11.4. The molecule has 2 aliphatic rings. The van der Waals surface area contributed by atoms with E-state index in [0.29, 0.717) is 37.1 Å². The maximum absolute atomic E-state index is 11.4. The number of hydrogen-bond acceptors (Lipinski definition) is 4. The molecule has 3 heterocycles. The Kier molecular flexibility index (Phi) is 3.52. The van der Waals surface area contributed by atoms with Crippen LogP contribution < -0.4 is 10.1 Å². The highest BCUT2D eigenvalue weighted by molar-refractivity contribution is 5.91. The van der Waals surface area contributed by atoms with Crippen molar-refractivity contribution in [3.8, 4) is 5.88 Å². The lowest BCUT2D eigenvalue weighted by atomic mass is 10.1. The van der Waals surface area contributed by atoms with Crippen LogP contribution in [-0.2, 0) is 11.3 Å². The highest BCUT2D eigenvalue weighted by Gasteiger charge is 2.26. The lowest BCUT2D eigenvalue weighted by molar-refractivity contribution is -0.119. The Labute approximate surface area is 133 Å². The number of carbonyl (C=O) groups excluding carboxylic acids is 2. The van der Waals surface area contributed by atoms with E-state index in [1.54, 1.807) is 6.20 Å². The van der Waals surface area contributed by atoms with Crippen LogP contribution in [0.4, 0.5) is 0 Å². The van der Waals surface area contributed by atoms with Crippen LogP contribution in [0.1, 0.15) is 29.8 Å². The number of nitrogens with zero attached hydrogens (tertiary/aromatic N) is 2. The molecular formula is C17H19N3O3. The molecule has 2 aromatic heterocycles. The van der Waals surface area contributed by atoms with E-state index >= 15 is 0 Å². The van der Waals surface area contributed by atoms with Gasteiger partial charge in [-0.3, -0.25) is 9.59 Å². The number of fused-ring (bicyclic) bond motifs is 1. The summed E-state index contributed by atoms with van der Waals surface area (Å²) in [4.78, 5) is 27.0. The number of hydrogen-bond donors (Lipinski definition) is 1. The summed E-state index contributed by atoms with van der Waals surface area (Å²) in [5.41, 5.74) is 1.56. The molecule has 0 spiro atoms. The molecule has 0 bridgehead atoms. The minimum Gasteiger partial charge on any atom is -0.476 e. The number of aldehydes is 1. The zero-order valence-corrected chi connectivity index (χ0v) is 12.8. The smallest absolute Gasteiger partial charge is 0.238 e. The average Bonchev–Trinajstić information content (AvgIpc) is 3.16. The molecule has 1 aliphatic heterocycles. The van der Waals surface area contributed by atoms with Gasteiger partial charge in [-0.2, -0.15) is 0 Å². The van der Waals surface area contributed by atoms with Crippen molar-refractivity contribution in [2.24, 2.45) is 11.8 Å². The number of pyridine rings is 1. The summed E-state index contributed by atoms with van der Waals surface area (Å²) in [5.74, 6) is 1.45. The minimum atomic E-state index is 0.0742. The van der Waals surface area contributed by atoms with Crippen LogP contribution in [0, 0.1) is 11.8 Å². The van der Waals surface area contributed by atoms with E-state index < -0.39 is 0 Å². The monoisotopic (exact) mass is 313 g/mol. The van der Waals surface area contributed by atoms with Crippen LogP contribution in [-0.4, -0.2) is 34.9 Å². The lowest BCUT2D eigenvalue weighted by Gasteiger charge is -2.13. The molecule has 2 aromatic rings. The van der Waals surface area contributed by atoms with Gasteiger partial charge in [0.1, 0.15) is 5.52 Å². The second-order valence-corrected chi connectivity index (χ2v) is 6.48. The fourth-order valence-electron chi connectivity index (χ4n) is 3.14. The summed E-state index contributed by atoms with van der Waals surface area (Å²) in [7, 11) is 0. The Bertz CT molecular complexity index is 764. The molecule has 1 N–H and O–H groups in total. The van der Waals surface area contributed by atoms with Crippen molar-refractivity contribution in [2.75, 3.05) is 13.2 Å². The van der Waals surface area contributed by atoms with Gasteiger partial charge in [-0.05, 0) is 30.9 Å². The van der Waals surface area contributed by atoms with E-state index in [-0.39, 0.29) is 11.8 Å². The van der Waals surface area contributed by atoms with Crippen LogP contribution in [0.15, 0.2) is 18.3 Å². The molecule has 0 aromatic carbocycles. The van der Waals surface area contributed by atoms with Crippen LogP contribution in [0.2, 0.25) is 0 Å². The van der Waals surface area contributed by atoms with Gasteiger partial charge in [0.05, 0.1) is 12.3 Å². The first-order valence-corrected chi connectivity index (χ1v) is 8.07. The molecule has 23 heavy (non-hydrogen) atoms. The molecule has 1 atom stereocenters. The van der Waals surface area contributed by atoms with Gasteiger partial charge >= 0.3 is 0 Å². The van der Waals surface area contributed by atoms with E-state index in [0.717, 1.165) is 23.7 Å². The second kappa shape index (κ2) is 5.68. The number of rotatable bonds is 6. The van der Waals surface area contributed by atoms with Gasteiger partial charge in [-0.15, -0.1) is 0 Å². The molecule has 4 rings (SSSR count). The first-order chi connectivity index (χ1) is 11.2. The summed E-state index contributed by atoms with van der Waals surface area (Å²) in [5, 5.41) is 3.78. The lowest BCUT2D eigenvalue weighted by Crippen LogP contribution is -2.17. The Hall–Kier alpha value is -2.37. The highest BCUT2D eigenvalue weighted by atomic mass is 16.5. The number of ether oxygens (including phenoxy) is 1. The summed E-state index contributed by atoms with van der Waals surface area (Å²) >= 11 is 0. The van der Waals surface area contributed by atoms with Gasteiger partial charge in [0.2, 0.25) is 11.8 Å². The highest BCUT2D eigenvalue weighted by Crippen LogP contribution is 2.35. The summed E-state index contributed by atoms with van der Waals surface area (Å²) in [6, 6.07) is 3.79. The first-order valence-electron chi connectivity index (χ1n) is 8.07. The van der Waals surface area contributed by atoms with E-state index in [1.807, 2.05) is 16.7 Å². The molecule has 1 aliphatic carbocycles. The molecule has 120 valence electrons. The molecule has 1 saturated heterocycles. The van der Waals surface area contributed by atoms with Crippen molar-refractivity contribution < 1.29 is 14.3 Å². The fraction of sp³-hybridized carbons (Fsp3) is 0.471. The molecule has 0 radical (unpaired) electrons. The number of carbonyl (C=O) groups is 2. The van der Waals surface area contributed by atoms with Crippen molar-refractivity contribution in [2.45, 2.75) is 25.8 Å². The third-order valence-electron chi connectivity index (χ3n) is 4.58. The predicted octanol–water partition coefficient (Wildman–Crippen LogP) is 1.77. The van der Waals surface area contributed by atoms with Crippen molar-refractivity contribution >= 4 is 23.1 Å². The average molecular weight is 313 g/mol. The van der Waals surface area contributed by atoms with Crippen molar-refractivity contribution in [1.82, 2.24) is 14.9 Å². The van der Waals surface area contributed by atoms with Crippen molar-refractivity contribution in [3.63, 3.8) is 0 Å². The minimum absolute atomic E-state index is 0.0742. The zero-order valence-electron chi connectivity index (χ0n) is 12.8.